The number of carbonyl (C=O) groups excluding carboxylic acids is 1. The molecule has 1 aromatic carbocycles. The molecule has 142 valence electrons. The van der Waals surface area contributed by atoms with Crippen LogP contribution in [-0.4, -0.2) is 62.9 Å². The normalized spacial score (nSPS) is 16.8. The number of alkyl halides is 3. The first-order chi connectivity index (χ1) is 11.4. The maximum absolute atomic E-state index is 13.3. The van der Waals surface area contributed by atoms with E-state index in [0.29, 0.717) is 38.3 Å². The fourth-order valence-electron chi connectivity index (χ4n) is 2.66. The van der Waals surface area contributed by atoms with Gasteiger partial charge >= 0.3 is 6.18 Å². The fourth-order valence-corrected chi connectivity index (χ4v) is 2.66. The number of rotatable bonds is 6. The van der Waals surface area contributed by atoms with Gasteiger partial charge in [0.25, 0.3) is 5.91 Å². The van der Waals surface area contributed by atoms with E-state index in [4.69, 9.17) is 4.74 Å². The average Bonchev–Trinajstić information content (AvgIpc) is 2.55. The predicted molar refractivity (Wildman–Crippen MR) is 91.0 cm³/mol. The zero-order valence-corrected chi connectivity index (χ0v) is 14.8. The zero-order chi connectivity index (χ0) is 17.6. The molecule has 1 heterocycles. The Morgan fingerprint density at radius 2 is 1.88 bits per heavy atom. The highest BCUT2D eigenvalue weighted by atomic mass is 35.5. The molecule has 1 amide bonds. The van der Waals surface area contributed by atoms with E-state index in [2.05, 4.69) is 10.6 Å². The van der Waals surface area contributed by atoms with Crippen molar-refractivity contribution in [1.29, 1.82) is 0 Å². The largest absolute Gasteiger partial charge is 0.405 e. The molecule has 1 saturated heterocycles. The van der Waals surface area contributed by atoms with Gasteiger partial charge in [0.05, 0.1) is 6.61 Å². The Bertz CT molecular complexity index is 534. The summed E-state index contributed by atoms with van der Waals surface area (Å²) in [7, 11) is 1.56. The molecule has 1 aliphatic rings. The lowest BCUT2D eigenvalue weighted by molar-refractivity contribution is -0.183. The van der Waals surface area contributed by atoms with Crippen LogP contribution in [0.1, 0.15) is 15.9 Å². The lowest BCUT2D eigenvalue weighted by Gasteiger charge is -2.35. The Morgan fingerprint density at radius 1 is 1.28 bits per heavy atom. The summed E-state index contributed by atoms with van der Waals surface area (Å²) in [6.07, 6.45) is -4.38. The van der Waals surface area contributed by atoms with Crippen LogP contribution in [-0.2, 0) is 11.3 Å². The van der Waals surface area contributed by atoms with E-state index in [1.807, 2.05) is 0 Å². The van der Waals surface area contributed by atoms with Gasteiger partial charge in [0.2, 0.25) is 0 Å². The molecule has 0 bridgehead atoms. The van der Waals surface area contributed by atoms with Crippen molar-refractivity contribution in [3.8, 4) is 0 Å². The number of hydrogen-bond acceptors (Lipinski definition) is 4. The Labute approximate surface area is 151 Å². The molecule has 0 spiro atoms. The Kier molecular flexibility index (Phi) is 8.64. The molecule has 1 fully saturated rings. The molecular formula is C16H23ClF3N3O2. The van der Waals surface area contributed by atoms with Crippen LogP contribution >= 0.6 is 12.4 Å². The smallest absolute Gasteiger partial charge is 0.380 e. The molecule has 5 nitrogen and oxygen atoms in total. The second-order valence-corrected chi connectivity index (χ2v) is 5.68. The summed E-state index contributed by atoms with van der Waals surface area (Å²) in [6.45, 7) is 1.61. The van der Waals surface area contributed by atoms with Crippen LogP contribution in [0.3, 0.4) is 0 Å². The van der Waals surface area contributed by atoms with Crippen molar-refractivity contribution in [1.82, 2.24) is 15.5 Å². The van der Waals surface area contributed by atoms with Crippen LogP contribution in [0.2, 0.25) is 0 Å². The summed E-state index contributed by atoms with van der Waals surface area (Å²) in [6, 6.07) is 4.93. The van der Waals surface area contributed by atoms with E-state index in [0.717, 1.165) is 5.56 Å². The monoisotopic (exact) mass is 381 g/mol. The lowest BCUT2D eigenvalue weighted by Crippen LogP contribution is -2.57. The molecule has 2 rings (SSSR count). The third-order valence-electron chi connectivity index (χ3n) is 3.95. The number of piperazine rings is 1. The van der Waals surface area contributed by atoms with E-state index in [-0.39, 0.29) is 12.4 Å². The van der Waals surface area contributed by atoms with Crippen LogP contribution in [0.25, 0.3) is 0 Å². The number of nitrogens with one attached hydrogen (secondary N) is 2. The van der Waals surface area contributed by atoms with Crippen molar-refractivity contribution < 1.29 is 22.7 Å². The second-order valence-electron chi connectivity index (χ2n) is 5.68. The molecule has 0 radical (unpaired) electrons. The number of ether oxygens (including phenoxy) is 1. The molecule has 1 aliphatic heterocycles. The second kappa shape index (κ2) is 9.96. The van der Waals surface area contributed by atoms with Gasteiger partial charge in [0, 0.05) is 45.4 Å². The topological polar surface area (TPSA) is 53.6 Å². The molecule has 0 aromatic heterocycles. The van der Waals surface area contributed by atoms with E-state index in [1.54, 1.807) is 31.4 Å². The van der Waals surface area contributed by atoms with Crippen molar-refractivity contribution in [2.75, 3.05) is 39.8 Å². The lowest BCUT2D eigenvalue weighted by atomic mass is 10.1. The van der Waals surface area contributed by atoms with Crippen LogP contribution in [0.15, 0.2) is 24.3 Å². The maximum Gasteiger partial charge on any atom is 0.405 e. The molecule has 1 unspecified atom stereocenters. The maximum atomic E-state index is 13.3. The zero-order valence-electron chi connectivity index (χ0n) is 13.9. The van der Waals surface area contributed by atoms with Gasteiger partial charge in [-0.25, -0.2) is 0 Å². The first-order valence-electron chi connectivity index (χ1n) is 7.79. The minimum atomic E-state index is -4.38. The van der Waals surface area contributed by atoms with Gasteiger partial charge in [0.15, 0.2) is 0 Å². The Morgan fingerprint density at radius 3 is 2.40 bits per heavy atom. The van der Waals surface area contributed by atoms with Gasteiger partial charge in [-0.3, -0.25) is 9.69 Å². The van der Waals surface area contributed by atoms with Gasteiger partial charge in [-0.1, -0.05) is 12.1 Å². The number of carbonyl (C=O) groups is 1. The van der Waals surface area contributed by atoms with Crippen molar-refractivity contribution in [3.05, 3.63) is 35.4 Å². The summed E-state index contributed by atoms with van der Waals surface area (Å²) < 4.78 is 44.8. The first-order valence-corrected chi connectivity index (χ1v) is 7.79. The Hall–Kier alpha value is -1.35. The highest BCUT2D eigenvalue weighted by Gasteiger charge is 2.43. The van der Waals surface area contributed by atoms with Gasteiger partial charge < -0.3 is 15.4 Å². The van der Waals surface area contributed by atoms with E-state index in [9.17, 15) is 18.0 Å². The fraction of sp³-hybridized carbons (Fsp3) is 0.562. The van der Waals surface area contributed by atoms with E-state index < -0.39 is 24.7 Å². The number of nitrogens with zero attached hydrogens (tertiary/aromatic N) is 1. The van der Waals surface area contributed by atoms with Crippen LogP contribution in [0, 0.1) is 0 Å². The number of benzene rings is 1. The quantitative estimate of drug-likeness (QED) is 0.789. The van der Waals surface area contributed by atoms with Gasteiger partial charge in [-0.2, -0.15) is 13.2 Å². The predicted octanol–water partition coefficient (Wildman–Crippen LogP) is 1.82. The summed E-state index contributed by atoms with van der Waals surface area (Å²) >= 11 is 0. The number of hydrogen-bond donors (Lipinski definition) is 2. The molecule has 2 N–H and O–H groups in total. The molecule has 25 heavy (non-hydrogen) atoms. The Balaban J connectivity index is 0.00000312. The van der Waals surface area contributed by atoms with E-state index >= 15 is 0 Å². The van der Waals surface area contributed by atoms with Gasteiger partial charge in [-0.05, 0) is 17.7 Å². The minimum absolute atomic E-state index is 0. The van der Waals surface area contributed by atoms with Crippen LogP contribution in [0.4, 0.5) is 13.2 Å². The van der Waals surface area contributed by atoms with E-state index in [1.165, 1.54) is 4.90 Å². The summed E-state index contributed by atoms with van der Waals surface area (Å²) in [4.78, 5) is 13.4. The summed E-state index contributed by atoms with van der Waals surface area (Å²) in [5, 5.41) is 5.42. The molecule has 1 aromatic rings. The highest BCUT2D eigenvalue weighted by molar-refractivity contribution is 5.94. The van der Waals surface area contributed by atoms with Crippen molar-refractivity contribution in [2.24, 2.45) is 0 Å². The number of methoxy groups -OCH3 is 1. The van der Waals surface area contributed by atoms with Crippen molar-refractivity contribution in [2.45, 2.75) is 18.8 Å². The number of halogens is 4. The third-order valence-corrected chi connectivity index (χ3v) is 3.95. The van der Waals surface area contributed by atoms with Crippen LogP contribution < -0.4 is 10.6 Å². The molecular weight excluding hydrogens is 359 g/mol. The van der Waals surface area contributed by atoms with Gasteiger partial charge in [0.1, 0.15) is 6.04 Å². The SMILES string of the molecule is COCc1ccc(C(=O)NCC(N2CCNCC2)C(F)(F)F)cc1.Cl. The first kappa shape index (κ1) is 21.7. The molecule has 1 atom stereocenters. The number of amides is 1. The molecule has 9 heteroatoms. The third kappa shape index (κ3) is 6.47. The van der Waals surface area contributed by atoms with Crippen molar-refractivity contribution in [3.63, 3.8) is 0 Å². The van der Waals surface area contributed by atoms with Gasteiger partial charge in [-0.15, -0.1) is 12.4 Å². The highest BCUT2D eigenvalue weighted by Crippen LogP contribution is 2.24. The molecule has 0 aliphatic carbocycles. The average molecular weight is 382 g/mol. The standard InChI is InChI=1S/C16H22F3N3O2.ClH/c1-24-11-12-2-4-13(5-3-12)15(23)21-10-14(16(17,18)19)22-8-6-20-7-9-22;/h2-5,14,20H,6-11H2,1H3,(H,21,23);1H. The summed E-state index contributed by atoms with van der Waals surface area (Å²) in [5.41, 5.74) is 1.22. The van der Waals surface area contributed by atoms with Crippen molar-refractivity contribution >= 4 is 18.3 Å². The summed E-state index contributed by atoms with van der Waals surface area (Å²) in [5.74, 6) is -0.511. The molecule has 0 saturated carbocycles. The van der Waals surface area contributed by atoms with Crippen LogP contribution in [0.5, 0.6) is 0 Å². The minimum Gasteiger partial charge on any atom is -0.380 e.